The fraction of sp³-hybridized carbons (Fsp3) is 0.676. The number of hydrogen-bond donors (Lipinski definition) is 0. The van der Waals surface area contributed by atoms with Crippen molar-refractivity contribution in [2.75, 3.05) is 13.7 Å². The van der Waals surface area contributed by atoms with Gasteiger partial charge in [0.05, 0.1) is 18.6 Å². The van der Waals surface area contributed by atoms with Gasteiger partial charge in [-0.25, -0.2) is 0 Å². The minimum atomic E-state index is -0.418. The van der Waals surface area contributed by atoms with E-state index in [1.807, 2.05) is 45.0 Å². The number of Topliss-reactive ketones (excluding diaryl/α,β-unsaturated/α-hetero) is 2. The SMILES string of the molecule is CO[C@@H]1[C@H](OC(=O)CCc2ccc(CC(=O)CCC(=O)C(C)(C)C)cc2)CC[C@]2(CO2)[C@H]1[C@]1(C)O[C@@H]1CC=C(C)C. The second-order valence-corrected chi connectivity index (χ2v) is 13.6. The van der Waals surface area contributed by atoms with Crippen molar-refractivity contribution in [3.8, 4) is 0 Å². The molecular formula is C34H48O7. The lowest BCUT2D eigenvalue weighted by Crippen LogP contribution is -2.55. The molecule has 4 rings (SSSR count). The number of ketones is 2. The van der Waals surface area contributed by atoms with Crippen molar-refractivity contribution in [1.82, 2.24) is 0 Å². The van der Waals surface area contributed by atoms with E-state index in [9.17, 15) is 14.4 Å². The van der Waals surface area contributed by atoms with Crippen LogP contribution in [-0.2, 0) is 46.2 Å². The Labute approximate surface area is 245 Å². The Kier molecular flexibility index (Phi) is 9.62. The van der Waals surface area contributed by atoms with Crippen LogP contribution in [0.15, 0.2) is 35.9 Å². The maximum Gasteiger partial charge on any atom is 0.306 e. The molecule has 3 aliphatic rings. The molecule has 1 aromatic rings. The Morgan fingerprint density at radius 2 is 1.71 bits per heavy atom. The second-order valence-electron chi connectivity index (χ2n) is 13.6. The number of carbonyl (C=O) groups is 3. The predicted molar refractivity (Wildman–Crippen MR) is 157 cm³/mol. The maximum absolute atomic E-state index is 12.9. The lowest BCUT2D eigenvalue weighted by Gasteiger charge is -2.42. The summed E-state index contributed by atoms with van der Waals surface area (Å²) in [6, 6.07) is 7.76. The molecule has 2 heterocycles. The minimum Gasteiger partial charge on any atom is -0.460 e. The van der Waals surface area contributed by atoms with Gasteiger partial charge in [0.15, 0.2) is 0 Å². The van der Waals surface area contributed by atoms with Crippen molar-refractivity contribution in [3.05, 3.63) is 47.0 Å². The molecule has 0 bridgehead atoms. The van der Waals surface area contributed by atoms with Crippen LogP contribution >= 0.6 is 0 Å². The fourth-order valence-corrected chi connectivity index (χ4v) is 6.31. The third kappa shape index (κ3) is 7.74. The van der Waals surface area contributed by atoms with Gasteiger partial charge in [-0.1, -0.05) is 56.7 Å². The van der Waals surface area contributed by atoms with Gasteiger partial charge in [-0.2, -0.15) is 0 Å². The number of esters is 1. The number of carbonyl (C=O) groups excluding carboxylic acids is 3. The van der Waals surface area contributed by atoms with Crippen LogP contribution < -0.4 is 0 Å². The van der Waals surface area contributed by atoms with Crippen molar-refractivity contribution in [1.29, 1.82) is 0 Å². The van der Waals surface area contributed by atoms with Gasteiger partial charge in [0.2, 0.25) is 0 Å². The Hall–Kier alpha value is -2.35. The van der Waals surface area contributed by atoms with Crippen LogP contribution in [-0.4, -0.2) is 60.8 Å². The summed E-state index contributed by atoms with van der Waals surface area (Å²) in [4.78, 5) is 37.4. The van der Waals surface area contributed by atoms with E-state index in [1.54, 1.807) is 7.11 Å². The van der Waals surface area contributed by atoms with Gasteiger partial charge in [-0.15, -0.1) is 0 Å². The highest BCUT2D eigenvalue weighted by Gasteiger charge is 2.72. The van der Waals surface area contributed by atoms with Crippen LogP contribution in [0.4, 0.5) is 0 Å². The van der Waals surface area contributed by atoms with Gasteiger partial charge in [-0.05, 0) is 57.6 Å². The molecule has 226 valence electrons. The first kappa shape index (κ1) is 31.6. The first-order valence-electron chi connectivity index (χ1n) is 15.1. The van der Waals surface area contributed by atoms with E-state index in [4.69, 9.17) is 18.9 Å². The van der Waals surface area contributed by atoms with Crippen LogP contribution in [0.3, 0.4) is 0 Å². The number of methoxy groups -OCH3 is 1. The molecule has 3 fully saturated rings. The lowest BCUT2D eigenvalue weighted by molar-refractivity contribution is -0.171. The molecule has 7 heteroatoms. The molecule has 7 nitrogen and oxygen atoms in total. The van der Waals surface area contributed by atoms with E-state index in [0.717, 1.165) is 24.0 Å². The molecule has 0 amide bonds. The molecular weight excluding hydrogens is 520 g/mol. The molecule has 2 saturated heterocycles. The van der Waals surface area contributed by atoms with Gasteiger partial charge >= 0.3 is 5.97 Å². The highest BCUT2D eigenvalue weighted by Crippen LogP contribution is 2.59. The van der Waals surface area contributed by atoms with Crippen molar-refractivity contribution < 1.29 is 33.3 Å². The van der Waals surface area contributed by atoms with E-state index in [2.05, 4.69) is 26.8 Å². The quantitative estimate of drug-likeness (QED) is 0.170. The fourth-order valence-electron chi connectivity index (χ4n) is 6.31. The topological polar surface area (TPSA) is 94.7 Å². The Morgan fingerprint density at radius 3 is 2.29 bits per heavy atom. The van der Waals surface area contributed by atoms with Gasteiger partial charge in [-0.3, -0.25) is 14.4 Å². The molecule has 0 aromatic heterocycles. The van der Waals surface area contributed by atoms with Gasteiger partial charge in [0.25, 0.3) is 0 Å². The van der Waals surface area contributed by atoms with Crippen LogP contribution in [0.25, 0.3) is 0 Å². The molecule has 6 atom stereocenters. The first-order valence-corrected chi connectivity index (χ1v) is 15.1. The van der Waals surface area contributed by atoms with E-state index in [1.165, 1.54) is 5.57 Å². The van der Waals surface area contributed by atoms with Crippen LogP contribution in [0.5, 0.6) is 0 Å². The zero-order chi connectivity index (χ0) is 30.0. The summed E-state index contributed by atoms with van der Waals surface area (Å²) in [6.07, 6.45) is 5.77. The molecule has 0 radical (unpaired) electrons. The monoisotopic (exact) mass is 568 g/mol. The number of benzene rings is 1. The molecule has 0 N–H and O–H groups in total. The molecule has 1 aliphatic carbocycles. The van der Waals surface area contributed by atoms with Crippen molar-refractivity contribution in [2.45, 2.75) is 122 Å². The average Bonchev–Trinajstić information content (AvgIpc) is 3.83. The Bertz CT molecular complexity index is 1140. The minimum absolute atomic E-state index is 0.00366. The molecule has 2 aliphatic heterocycles. The predicted octanol–water partition coefficient (Wildman–Crippen LogP) is 5.75. The number of ether oxygens (including phenoxy) is 4. The summed E-state index contributed by atoms with van der Waals surface area (Å²) in [5.74, 6) is -0.0737. The highest BCUT2D eigenvalue weighted by atomic mass is 16.6. The summed E-state index contributed by atoms with van der Waals surface area (Å²) >= 11 is 0. The number of epoxide rings is 2. The summed E-state index contributed by atoms with van der Waals surface area (Å²) < 4.78 is 24.3. The van der Waals surface area contributed by atoms with Crippen LogP contribution in [0.2, 0.25) is 0 Å². The highest BCUT2D eigenvalue weighted by molar-refractivity contribution is 5.89. The zero-order valence-electron chi connectivity index (χ0n) is 25.9. The van der Waals surface area contributed by atoms with Gasteiger partial charge in [0, 0.05) is 38.2 Å². The summed E-state index contributed by atoms with van der Waals surface area (Å²) in [5, 5.41) is 0. The number of hydrogen-bond acceptors (Lipinski definition) is 7. The summed E-state index contributed by atoms with van der Waals surface area (Å²) in [6.45, 7) is 12.6. The van der Waals surface area contributed by atoms with Crippen molar-refractivity contribution in [2.24, 2.45) is 11.3 Å². The van der Waals surface area contributed by atoms with Crippen LogP contribution in [0.1, 0.15) is 91.2 Å². The second kappa shape index (κ2) is 12.5. The summed E-state index contributed by atoms with van der Waals surface area (Å²) in [5.41, 5.74) is 2.17. The molecule has 41 heavy (non-hydrogen) atoms. The smallest absolute Gasteiger partial charge is 0.306 e. The van der Waals surface area contributed by atoms with Crippen LogP contribution in [0, 0.1) is 11.3 Å². The van der Waals surface area contributed by atoms with Crippen molar-refractivity contribution in [3.63, 3.8) is 0 Å². The average molecular weight is 569 g/mol. The molecule has 1 spiro atoms. The standard InChI is InChI=1S/C34H48O7/c1-22(2)8-16-28-33(6,41-28)31-30(38-7)26(18-19-34(31)21-39-34)40-29(37)17-13-23-9-11-24(12-10-23)20-25(35)14-15-27(36)32(3,4)5/h8-12,26,28,30-31H,13-21H2,1-7H3/t26-,28-,30-,31-,33-,34+/m1/s1. The normalized spacial score (nSPS) is 30.5. The van der Waals surface area contributed by atoms with Gasteiger partial charge in [0.1, 0.15) is 35.0 Å². The zero-order valence-corrected chi connectivity index (χ0v) is 25.9. The molecule has 1 saturated carbocycles. The maximum atomic E-state index is 12.9. The number of aryl methyl sites for hydroxylation is 1. The lowest BCUT2D eigenvalue weighted by atomic mass is 9.68. The number of allylic oxidation sites excluding steroid dienone is 1. The molecule has 0 unspecified atom stereocenters. The Balaban J connectivity index is 1.27. The Morgan fingerprint density at radius 1 is 1.05 bits per heavy atom. The summed E-state index contributed by atoms with van der Waals surface area (Å²) in [7, 11) is 1.69. The first-order chi connectivity index (χ1) is 19.3. The largest absolute Gasteiger partial charge is 0.460 e. The van der Waals surface area contributed by atoms with Gasteiger partial charge < -0.3 is 18.9 Å². The third-order valence-electron chi connectivity index (χ3n) is 9.03. The van der Waals surface area contributed by atoms with Crippen molar-refractivity contribution >= 4 is 17.5 Å². The van der Waals surface area contributed by atoms with E-state index < -0.39 is 5.41 Å². The van der Waals surface area contributed by atoms with E-state index in [0.29, 0.717) is 25.9 Å². The molecule has 1 aromatic carbocycles. The van der Waals surface area contributed by atoms with E-state index in [-0.39, 0.29) is 72.2 Å². The van der Waals surface area contributed by atoms with E-state index >= 15 is 0 Å². The third-order valence-corrected chi connectivity index (χ3v) is 9.03. The number of rotatable bonds is 13.